The quantitative estimate of drug-likeness (QED) is 0.844. The van der Waals surface area contributed by atoms with Crippen molar-refractivity contribution in [2.75, 3.05) is 13.6 Å². The molecule has 1 unspecified atom stereocenters. The number of hydrogen-bond acceptors (Lipinski definition) is 3. The fraction of sp³-hybridized carbons (Fsp3) is 0.462. The summed E-state index contributed by atoms with van der Waals surface area (Å²) >= 11 is 0. The SMILES string of the molecule is CC(O)CN(C)C(=O)NCc1c(F)cccc1OC(F)F. The molecular formula is C13H17F3N2O3. The number of likely N-dealkylation sites (N-methyl/N-ethyl adjacent to an activating group) is 1. The number of halogens is 3. The van der Waals surface area contributed by atoms with Crippen LogP contribution < -0.4 is 10.1 Å². The summed E-state index contributed by atoms with van der Waals surface area (Å²) in [5.41, 5.74) is -0.170. The molecule has 8 heteroatoms. The van der Waals surface area contributed by atoms with E-state index < -0.39 is 24.6 Å². The Morgan fingerprint density at radius 2 is 2.14 bits per heavy atom. The number of hydrogen-bond donors (Lipinski definition) is 2. The lowest BCUT2D eigenvalue weighted by atomic mass is 10.2. The predicted octanol–water partition coefficient (Wildman–Crippen LogP) is 1.95. The molecule has 1 aromatic rings. The summed E-state index contributed by atoms with van der Waals surface area (Å²) in [4.78, 5) is 12.9. The minimum absolute atomic E-state index is 0.0868. The highest BCUT2D eigenvalue weighted by molar-refractivity contribution is 5.73. The van der Waals surface area contributed by atoms with Gasteiger partial charge in [0.1, 0.15) is 11.6 Å². The standard InChI is InChI=1S/C13H17F3N2O3/c1-8(19)7-18(2)13(20)17-6-9-10(14)4-3-5-11(9)21-12(15)16/h3-5,8,12,19H,6-7H2,1-2H3,(H,17,20). The van der Waals surface area contributed by atoms with E-state index in [0.717, 1.165) is 6.07 Å². The minimum Gasteiger partial charge on any atom is -0.434 e. The van der Waals surface area contributed by atoms with Crippen LogP contribution in [-0.4, -0.2) is 42.3 Å². The van der Waals surface area contributed by atoms with Gasteiger partial charge in [-0.2, -0.15) is 8.78 Å². The molecule has 0 radical (unpaired) electrons. The molecule has 1 rings (SSSR count). The van der Waals surface area contributed by atoms with Gasteiger partial charge < -0.3 is 20.1 Å². The third-order valence-electron chi connectivity index (χ3n) is 2.59. The van der Waals surface area contributed by atoms with E-state index in [1.165, 1.54) is 31.0 Å². The van der Waals surface area contributed by atoms with E-state index in [0.29, 0.717) is 0 Å². The molecule has 2 N–H and O–H groups in total. The maximum absolute atomic E-state index is 13.6. The van der Waals surface area contributed by atoms with Crippen LogP contribution >= 0.6 is 0 Å². The van der Waals surface area contributed by atoms with E-state index in [9.17, 15) is 18.0 Å². The first kappa shape index (κ1) is 17.1. The van der Waals surface area contributed by atoms with E-state index in [-0.39, 0.29) is 24.4 Å². The van der Waals surface area contributed by atoms with Crippen LogP contribution in [0.3, 0.4) is 0 Å². The zero-order valence-electron chi connectivity index (χ0n) is 11.6. The van der Waals surface area contributed by atoms with Gasteiger partial charge in [-0.1, -0.05) is 6.07 Å². The Hall–Kier alpha value is -1.96. The largest absolute Gasteiger partial charge is 0.434 e. The first-order valence-corrected chi connectivity index (χ1v) is 6.20. The second-order valence-electron chi connectivity index (χ2n) is 4.48. The Morgan fingerprint density at radius 3 is 2.71 bits per heavy atom. The van der Waals surface area contributed by atoms with Gasteiger partial charge in [-0.3, -0.25) is 0 Å². The first-order valence-electron chi connectivity index (χ1n) is 6.20. The number of benzene rings is 1. The maximum atomic E-state index is 13.6. The van der Waals surface area contributed by atoms with Gasteiger partial charge in [0, 0.05) is 19.2 Å². The molecule has 0 saturated heterocycles. The number of alkyl halides is 2. The second-order valence-corrected chi connectivity index (χ2v) is 4.48. The molecule has 0 aliphatic heterocycles. The monoisotopic (exact) mass is 306 g/mol. The Balaban J connectivity index is 2.72. The van der Waals surface area contributed by atoms with Gasteiger partial charge in [-0.05, 0) is 19.1 Å². The third kappa shape index (κ3) is 5.50. The van der Waals surface area contributed by atoms with Crippen LogP contribution in [0.15, 0.2) is 18.2 Å². The number of nitrogens with zero attached hydrogens (tertiary/aromatic N) is 1. The topological polar surface area (TPSA) is 61.8 Å². The van der Waals surface area contributed by atoms with Gasteiger partial charge in [-0.25, -0.2) is 9.18 Å². The van der Waals surface area contributed by atoms with Crippen molar-refractivity contribution in [1.29, 1.82) is 0 Å². The third-order valence-corrected chi connectivity index (χ3v) is 2.59. The van der Waals surface area contributed by atoms with E-state index in [1.807, 2.05) is 0 Å². The zero-order valence-corrected chi connectivity index (χ0v) is 11.6. The summed E-state index contributed by atoms with van der Waals surface area (Å²) < 4.78 is 42.3. The molecule has 1 aromatic carbocycles. The minimum atomic E-state index is -3.08. The number of amides is 2. The van der Waals surface area contributed by atoms with Crippen molar-refractivity contribution < 1.29 is 27.8 Å². The van der Waals surface area contributed by atoms with Crippen LogP contribution in [0, 0.1) is 5.82 Å². The molecular weight excluding hydrogens is 289 g/mol. The van der Waals surface area contributed by atoms with Crippen molar-refractivity contribution >= 4 is 6.03 Å². The number of urea groups is 1. The molecule has 0 bridgehead atoms. The molecule has 1 atom stereocenters. The Kier molecular flexibility index (Phi) is 6.29. The van der Waals surface area contributed by atoms with Crippen molar-refractivity contribution in [3.8, 4) is 5.75 Å². The Bertz CT molecular complexity index is 484. The van der Waals surface area contributed by atoms with Gasteiger partial charge in [0.2, 0.25) is 0 Å². The number of rotatable bonds is 6. The molecule has 0 heterocycles. The molecule has 0 saturated carbocycles. The van der Waals surface area contributed by atoms with Crippen molar-refractivity contribution in [2.24, 2.45) is 0 Å². The van der Waals surface area contributed by atoms with Gasteiger partial charge in [-0.15, -0.1) is 0 Å². The lowest BCUT2D eigenvalue weighted by Gasteiger charge is -2.20. The number of carbonyl (C=O) groups is 1. The first-order chi connectivity index (χ1) is 9.81. The van der Waals surface area contributed by atoms with Crippen LogP contribution in [0.4, 0.5) is 18.0 Å². The van der Waals surface area contributed by atoms with E-state index in [2.05, 4.69) is 10.1 Å². The highest BCUT2D eigenvalue weighted by Gasteiger charge is 2.16. The maximum Gasteiger partial charge on any atom is 0.387 e. The van der Waals surface area contributed by atoms with Crippen LogP contribution in [0.2, 0.25) is 0 Å². The van der Waals surface area contributed by atoms with E-state index >= 15 is 0 Å². The molecule has 21 heavy (non-hydrogen) atoms. The normalized spacial score (nSPS) is 12.1. The Labute approximate surface area is 120 Å². The lowest BCUT2D eigenvalue weighted by molar-refractivity contribution is -0.0506. The summed E-state index contributed by atoms with van der Waals surface area (Å²) in [5, 5.41) is 11.5. The number of ether oxygens (including phenoxy) is 1. The van der Waals surface area contributed by atoms with Gasteiger partial charge in [0.25, 0.3) is 0 Å². The number of aliphatic hydroxyl groups is 1. The highest BCUT2D eigenvalue weighted by Crippen LogP contribution is 2.23. The smallest absolute Gasteiger partial charge is 0.387 e. The molecule has 0 fully saturated rings. The van der Waals surface area contributed by atoms with Gasteiger partial charge >= 0.3 is 12.6 Å². The van der Waals surface area contributed by atoms with Crippen molar-refractivity contribution in [1.82, 2.24) is 10.2 Å². The average Bonchev–Trinajstić information content (AvgIpc) is 2.36. The molecule has 0 aliphatic rings. The summed E-state index contributed by atoms with van der Waals surface area (Å²) in [5.74, 6) is -1.09. The fourth-order valence-corrected chi connectivity index (χ4v) is 1.70. The molecule has 5 nitrogen and oxygen atoms in total. The highest BCUT2D eigenvalue weighted by atomic mass is 19.3. The molecule has 0 aromatic heterocycles. The van der Waals surface area contributed by atoms with Crippen LogP contribution in [-0.2, 0) is 6.54 Å². The molecule has 118 valence electrons. The van der Waals surface area contributed by atoms with Gasteiger partial charge in [0.15, 0.2) is 0 Å². The summed E-state index contributed by atoms with van der Waals surface area (Å²) in [6.45, 7) is -1.80. The molecule has 0 spiro atoms. The Morgan fingerprint density at radius 1 is 1.48 bits per heavy atom. The van der Waals surface area contributed by atoms with Crippen LogP contribution in [0.1, 0.15) is 12.5 Å². The lowest BCUT2D eigenvalue weighted by Crippen LogP contribution is -2.40. The van der Waals surface area contributed by atoms with Crippen LogP contribution in [0.5, 0.6) is 5.75 Å². The van der Waals surface area contributed by atoms with E-state index in [4.69, 9.17) is 5.11 Å². The number of aliphatic hydroxyl groups excluding tert-OH is 1. The van der Waals surface area contributed by atoms with E-state index in [1.54, 1.807) is 0 Å². The average molecular weight is 306 g/mol. The predicted molar refractivity (Wildman–Crippen MR) is 69.6 cm³/mol. The second kappa shape index (κ2) is 7.72. The fourth-order valence-electron chi connectivity index (χ4n) is 1.70. The van der Waals surface area contributed by atoms with Crippen molar-refractivity contribution in [3.63, 3.8) is 0 Å². The number of nitrogens with one attached hydrogen (secondary N) is 1. The van der Waals surface area contributed by atoms with Crippen molar-refractivity contribution in [3.05, 3.63) is 29.6 Å². The number of carbonyl (C=O) groups excluding carboxylic acids is 1. The van der Waals surface area contributed by atoms with Crippen molar-refractivity contribution in [2.45, 2.75) is 26.2 Å². The molecule has 2 amide bonds. The molecule has 0 aliphatic carbocycles. The van der Waals surface area contributed by atoms with Gasteiger partial charge in [0.05, 0.1) is 12.6 Å². The van der Waals surface area contributed by atoms with Crippen LogP contribution in [0.25, 0.3) is 0 Å². The zero-order chi connectivity index (χ0) is 16.0. The summed E-state index contributed by atoms with van der Waals surface area (Å²) in [6.07, 6.45) is -0.716. The summed E-state index contributed by atoms with van der Waals surface area (Å²) in [6, 6.07) is 2.94. The summed E-state index contributed by atoms with van der Waals surface area (Å²) in [7, 11) is 1.44.